The number of halogens is 1. The number of methoxy groups -OCH3 is 1. The Hall–Kier alpha value is -3.38. The molecule has 0 unspecified atom stereocenters. The fourth-order valence-corrected chi connectivity index (χ4v) is 3.42. The molecule has 0 aliphatic rings. The minimum absolute atomic E-state index is 0.274. The van der Waals surface area contributed by atoms with Crippen molar-refractivity contribution in [1.82, 2.24) is 14.8 Å². The van der Waals surface area contributed by atoms with Gasteiger partial charge in [-0.15, -0.1) is 0 Å². The summed E-state index contributed by atoms with van der Waals surface area (Å²) >= 11 is 6.01. The van der Waals surface area contributed by atoms with Crippen LogP contribution in [0.25, 0.3) is 16.7 Å². The number of hydrogen-bond donors (Lipinski definition) is 1. The number of nitrogens with one attached hydrogen (secondary N) is 1. The zero-order valence-electron chi connectivity index (χ0n) is 16.2. The van der Waals surface area contributed by atoms with Crippen molar-refractivity contribution in [2.24, 2.45) is 0 Å². The van der Waals surface area contributed by atoms with Crippen molar-refractivity contribution in [3.05, 3.63) is 76.4 Å². The fourth-order valence-electron chi connectivity index (χ4n) is 3.23. The Morgan fingerprint density at radius 3 is 2.66 bits per heavy atom. The summed E-state index contributed by atoms with van der Waals surface area (Å²) in [4.78, 5) is 17.4. The van der Waals surface area contributed by atoms with E-state index < -0.39 is 0 Å². The minimum atomic E-state index is -0.274. The number of carbonyl (C=O) groups excluding carboxylic acids is 1. The number of anilines is 1. The lowest BCUT2D eigenvalue weighted by molar-refractivity contribution is 0.102. The van der Waals surface area contributed by atoms with Crippen molar-refractivity contribution in [3.63, 3.8) is 0 Å². The monoisotopic (exact) mass is 406 g/mol. The second-order valence-electron chi connectivity index (χ2n) is 6.70. The van der Waals surface area contributed by atoms with E-state index >= 15 is 0 Å². The molecular formula is C22H19ClN4O2. The number of carbonyl (C=O) groups is 1. The van der Waals surface area contributed by atoms with Gasteiger partial charge in [0.05, 0.1) is 12.8 Å². The van der Waals surface area contributed by atoms with E-state index in [4.69, 9.17) is 21.3 Å². The molecule has 0 fully saturated rings. The van der Waals surface area contributed by atoms with Gasteiger partial charge in [-0.3, -0.25) is 4.79 Å². The first-order chi connectivity index (χ1) is 14.0. The first-order valence-corrected chi connectivity index (χ1v) is 9.42. The van der Waals surface area contributed by atoms with Crippen LogP contribution in [-0.2, 0) is 0 Å². The summed E-state index contributed by atoms with van der Waals surface area (Å²) < 4.78 is 7.09. The molecule has 2 aromatic heterocycles. The number of hydrogen-bond acceptors (Lipinski definition) is 4. The second-order valence-corrected chi connectivity index (χ2v) is 7.14. The highest BCUT2D eigenvalue weighted by Crippen LogP contribution is 2.28. The lowest BCUT2D eigenvalue weighted by Crippen LogP contribution is -2.15. The largest absolute Gasteiger partial charge is 0.494 e. The van der Waals surface area contributed by atoms with E-state index in [1.165, 1.54) is 0 Å². The predicted molar refractivity (Wildman–Crippen MR) is 114 cm³/mol. The molecule has 0 spiro atoms. The van der Waals surface area contributed by atoms with Gasteiger partial charge in [-0.05, 0) is 49.7 Å². The van der Waals surface area contributed by atoms with Crippen molar-refractivity contribution in [3.8, 4) is 11.6 Å². The van der Waals surface area contributed by atoms with E-state index in [9.17, 15) is 4.79 Å². The lowest BCUT2D eigenvalue weighted by atomic mass is 10.1. The van der Waals surface area contributed by atoms with Crippen LogP contribution in [0.4, 0.5) is 5.82 Å². The molecule has 1 N–H and O–H groups in total. The van der Waals surface area contributed by atoms with Crippen LogP contribution in [0.3, 0.4) is 0 Å². The molecule has 0 aliphatic heterocycles. The predicted octanol–water partition coefficient (Wildman–Crippen LogP) is 4.95. The van der Waals surface area contributed by atoms with Gasteiger partial charge < -0.3 is 10.1 Å². The van der Waals surface area contributed by atoms with Crippen LogP contribution >= 0.6 is 11.6 Å². The third kappa shape index (κ3) is 3.67. The molecule has 0 atom stereocenters. The van der Waals surface area contributed by atoms with Crippen molar-refractivity contribution < 1.29 is 9.53 Å². The highest BCUT2D eigenvalue weighted by atomic mass is 35.5. The average Bonchev–Trinajstić information content (AvgIpc) is 3.07. The number of aryl methyl sites for hydroxylation is 2. The van der Waals surface area contributed by atoms with Crippen LogP contribution in [0.5, 0.6) is 5.75 Å². The normalized spacial score (nSPS) is 10.9. The third-order valence-corrected chi connectivity index (χ3v) is 4.83. The van der Waals surface area contributed by atoms with E-state index in [2.05, 4.69) is 10.4 Å². The molecule has 0 aliphatic carbocycles. The van der Waals surface area contributed by atoms with Gasteiger partial charge in [0.2, 0.25) is 0 Å². The number of rotatable bonds is 4. The van der Waals surface area contributed by atoms with Gasteiger partial charge in [0.25, 0.3) is 5.91 Å². The molecular weight excluding hydrogens is 388 g/mol. The maximum absolute atomic E-state index is 12.7. The molecule has 6 nitrogen and oxygen atoms in total. The van der Waals surface area contributed by atoms with Gasteiger partial charge >= 0.3 is 0 Å². The lowest BCUT2D eigenvalue weighted by Gasteiger charge is -2.12. The number of benzene rings is 2. The standard InChI is InChI=1S/C22H19ClN4O2/c1-13-10-19(24-21-17(13)8-5-9-18(21)29-3)27-20(11-14(2)26-27)25-22(28)15-6-4-7-16(23)12-15/h4-12H,1-3H3,(H,25,28). The third-order valence-electron chi connectivity index (χ3n) is 4.59. The van der Waals surface area contributed by atoms with Crippen LogP contribution in [-0.4, -0.2) is 27.8 Å². The van der Waals surface area contributed by atoms with Gasteiger partial charge in [0.1, 0.15) is 17.1 Å². The van der Waals surface area contributed by atoms with Crippen LogP contribution in [0.15, 0.2) is 54.6 Å². The molecule has 29 heavy (non-hydrogen) atoms. The number of para-hydroxylation sites is 1. The molecule has 1 amide bonds. The fraction of sp³-hybridized carbons (Fsp3) is 0.136. The minimum Gasteiger partial charge on any atom is -0.494 e. The summed E-state index contributed by atoms with van der Waals surface area (Å²) in [6.07, 6.45) is 0. The Labute approximate surface area is 173 Å². The summed E-state index contributed by atoms with van der Waals surface area (Å²) in [5.74, 6) is 1.52. The molecule has 0 radical (unpaired) electrons. The maximum Gasteiger partial charge on any atom is 0.256 e. The van der Waals surface area contributed by atoms with Gasteiger partial charge in [-0.1, -0.05) is 29.8 Å². The number of aromatic nitrogens is 3. The first kappa shape index (κ1) is 19.0. The molecule has 2 aromatic carbocycles. The van der Waals surface area contributed by atoms with Gasteiger partial charge in [-0.25, -0.2) is 4.98 Å². The summed E-state index contributed by atoms with van der Waals surface area (Å²) in [7, 11) is 1.62. The molecule has 4 aromatic rings. The highest BCUT2D eigenvalue weighted by Gasteiger charge is 2.16. The molecule has 146 valence electrons. The zero-order valence-corrected chi connectivity index (χ0v) is 17.0. The van der Waals surface area contributed by atoms with Crippen LogP contribution in [0.1, 0.15) is 21.6 Å². The summed E-state index contributed by atoms with van der Waals surface area (Å²) in [5.41, 5.74) is 2.99. The molecule has 0 saturated heterocycles. The number of nitrogens with zero attached hydrogens (tertiary/aromatic N) is 3. The maximum atomic E-state index is 12.7. The van der Waals surface area contributed by atoms with E-state index in [0.29, 0.717) is 28.0 Å². The smallest absolute Gasteiger partial charge is 0.256 e. The molecule has 4 rings (SSSR count). The van der Waals surface area contributed by atoms with Gasteiger partial charge in [-0.2, -0.15) is 9.78 Å². The Morgan fingerprint density at radius 1 is 1.10 bits per heavy atom. The van der Waals surface area contributed by atoms with E-state index in [-0.39, 0.29) is 5.91 Å². The Bertz CT molecular complexity index is 1230. The average molecular weight is 407 g/mol. The van der Waals surface area contributed by atoms with E-state index in [0.717, 1.165) is 22.2 Å². The Kier molecular flexibility index (Phi) is 4.94. The molecule has 0 saturated carbocycles. The quantitative estimate of drug-likeness (QED) is 0.520. The van der Waals surface area contributed by atoms with E-state index in [1.807, 2.05) is 38.1 Å². The number of fused-ring (bicyclic) bond motifs is 1. The van der Waals surface area contributed by atoms with Crippen LogP contribution in [0, 0.1) is 13.8 Å². The molecule has 0 bridgehead atoms. The van der Waals surface area contributed by atoms with Gasteiger partial charge in [0, 0.05) is 22.0 Å². The Morgan fingerprint density at radius 2 is 1.90 bits per heavy atom. The second kappa shape index (κ2) is 7.56. The van der Waals surface area contributed by atoms with Crippen molar-refractivity contribution in [1.29, 1.82) is 0 Å². The topological polar surface area (TPSA) is 69.0 Å². The Balaban J connectivity index is 1.78. The zero-order chi connectivity index (χ0) is 20.5. The first-order valence-electron chi connectivity index (χ1n) is 9.04. The van der Waals surface area contributed by atoms with Crippen LogP contribution < -0.4 is 10.1 Å². The van der Waals surface area contributed by atoms with Gasteiger partial charge in [0.15, 0.2) is 5.82 Å². The van der Waals surface area contributed by atoms with E-state index in [1.54, 1.807) is 42.1 Å². The van der Waals surface area contributed by atoms with Crippen molar-refractivity contribution in [2.75, 3.05) is 12.4 Å². The number of ether oxygens (including phenoxy) is 1. The highest BCUT2D eigenvalue weighted by molar-refractivity contribution is 6.31. The number of pyridine rings is 1. The molecule has 7 heteroatoms. The van der Waals surface area contributed by atoms with Crippen molar-refractivity contribution in [2.45, 2.75) is 13.8 Å². The molecule has 2 heterocycles. The van der Waals surface area contributed by atoms with Crippen molar-refractivity contribution >= 4 is 34.2 Å². The number of amides is 1. The van der Waals surface area contributed by atoms with Crippen LogP contribution in [0.2, 0.25) is 5.02 Å². The SMILES string of the molecule is COc1cccc2c(C)cc(-n3nc(C)cc3NC(=O)c3cccc(Cl)c3)nc12. The summed E-state index contributed by atoms with van der Waals surface area (Å²) in [6, 6.07) is 16.3. The summed E-state index contributed by atoms with van der Waals surface area (Å²) in [5, 5.41) is 8.92. The summed E-state index contributed by atoms with van der Waals surface area (Å²) in [6.45, 7) is 3.87.